The quantitative estimate of drug-likeness (QED) is 0.443. The first-order valence-corrected chi connectivity index (χ1v) is 8.20. The number of carbonyl (C=O) groups is 3. The van der Waals surface area contributed by atoms with Gasteiger partial charge in [0.2, 0.25) is 5.91 Å². The third-order valence-electron chi connectivity index (χ3n) is 4.37. The van der Waals surface area contributed by atoms with Crippen LogP contribution in [0.4, 0.5) is 5.69 Å². The van der Waals surface area contributed by atoms with E-state index in [0.29, 0.717) is 16.0 Å². The van der Waals surface area contributed by atoms with E-state index in [1.54, 1.807) is 24.3 Å². The standard InChI is InChI=1S/C19H14N4O5/c1-21(10-13-5-2-4-12(8-13)9-20)16(24)11-22-18(25)14-6-3-7-15(23(27)28)17(14)19(22)26/h2-8H,10-11H2,1H3. The average molecular weight is 378 g/mol. The summed E-state index contributed by atoms with van der Waals surface area (Å²) < 4.78 is 0. The molecule has 0 N–H and O–H groups in total. The summed E-state index contributed by atoms with van der Waals surface area (Å²) in [6.07, 6.45) is 0. The van der Waals surface area contributed by atoms with Crippen molar-refractivity contribution in [3.63, 3.8) is 0 Å². The molecule has 0 saturated heterocycles. The number of hydrogen-bond acceptors (Lipinski definition) is 6. The minimum absolute atomic E-state index is 0.0867. The topological polar surface area (TPSA) is 125 Å². The van der Waals surface area contributed by atoms with Crippen molar-refractivity contribution in [1.82, 2.24) is 9.80 Å². The molecule has 0 atom stereocenters. The lowest BCUT2D eigenvalue weighted by Crippen LogP contribution is -2.41. The number of imide groups is 1. The van der Waals surface area contributed by atoms with Crippen LogP contribution in [0.25, 0.3) is 0 Å². The number of hydrogen-bond donors (Lipinski definition) is 0. The van der Waals surface area contributed by atoms with Crippen LogP contribution in [0.3, 0.4) is 0 Å². The molecule has 2 aromatic carbocycles. The number of likely N-dealkylation sites (N-methyl/N-ethyl adjacent to an activating group) is 1. The van der Waals surface area contributed by atoms with E-state index in [2.05, 4.69) is 0 Å². The van der Waals surface area contributed by atoms with Gasteiger partial charge in [0.15, 0.2) is 0 Å². The fourth-order valence-corrected chi connectivity index (χ4v) is 2.97. The van der Waals surface area contributed by atoms with Crippen LogP contribution in [0.1, 0.15) is 31.8 Å². The summed E-state index contributed by atoms with van der Waals surface area (Å²) >= 11 is 0. The highest BCUT2D eigenvalue weighted by molar-refractivity contribution is 6.24. The van der Waals surface area contributed by atoms with Crippen molar-refractivity contribution in [2.45, 2.75) is 6.54 Å². The van der Waals surface area contributed by atoms with Crippen LogP contribution in [0, 0.1) is 21.4 Å². The van der Waals surface area contributed by atoms with Crippen molar-refractivity contribution < 1.29 is 19.3 Å². The van der Waals surface area contributed by atoms with Gasteiger partial charge in [0.1, 0.15) is 12.1 Å². The van der Waals surface area contributed by atoms with E-state index in [0.717, 1.165) is 6.07 Å². The highest BCUT2D eigenvalue weighted by atomic mass is 16.6. The first kappa shape index (κ1) is 18.7. The summed E-state index contributed by atoms with van der Waals surface area (Å²) in [7, 11) is 1.50. The lowest BCUT2D eigenvalue weighted by molar-refractivity contribution is -0.385. The third kappa shape index (κ3) is 3.31. The molecular formula is C19H14N4O5. The zero-order chi connectivity index (χ0) is 20.4. The Bertz CT molecular complexity index is 1060. The van der Waals surface area contributed by atoms with Crippen LogP contribution in [0.5, 0.6) is 0 Å². The number of nitriles is 1. The first-order valence-electron chi connectivity index (χ1n) is 8.20. The monoisotopic (exact) mass is 378 g/mol. The average Bonchev–Trinajstić information content (AvgIpc) is 2.92. The fourth-order valence-electron chi connectivity index (χ4n) is 2.97. The number of carbonyl (C=O) groups excluding carboxylic acids is 3. The van der Waals surface area contributed by atoms with E-state index in [1.165, 1.54) is 24.1 Å². The van der Waals surface area contributed by atoms with Crippen molar-refractivity contribution in [2.75, 3.05) is 13.6 Å². The molecule has 9 nitrogen and oxygen atoms in total. The molecule has 28 heavy (non-hydrogen) atoms. The number of nitro benzene ring substituents is 1. The molecular weight excluding hydrogens is 364 g/mol. The van der Waals surface area contributed by atoms with Crippen LogP contribution in [0.2, 0.25) is 0 Å². The highest BCUT2D eigenvalue weighted by Crippen LogP contribution is 2.30. The number of amides is 3. The molecule has 1 aliphatic rings. The lowest BCUT2D eigenvalue weighted by atomic mass is 10.1. The van der Waals surface area contributed by atoms with E-state index >= 15 is 0 Å². The molecule has 0 aliphatic carbocycles. The zero-order valence-electron chi connectivity index (χ0n) is 14.8. The largest absolute Gasteiger partial charge is 0.340 e. The SMILES string of the molecule is CN(Cc1cccc(C#N)c1)C(=O)CN1C(=O)c2cccc([N+](=O)[O-])c2C1=O. The third-order valence-corrected chi connectivity index (χ3v) is 4.37. The second-order valence-corrected chi connectivity index (χ2v) is 6.22. The van der Waals surface area contributed by atoms with Gasteiger partial charge in [-0.05, 0) is 23.8 Å². The summed E-state index contributed by atoms with van der Waals surface area (Å²) in [5.41, 5.74) is 0.317. The number of benzene rings is 2. The number of fused-ring (bicyclic) bond motifs is 1. The van der Waals surface area contributed by atoms with E-state index in [9.17, 15) is 24.5 Å². The van der Waals surface area contributed by atoms with Crippen LogP contribution in [-0.4, -0.2) is 46.0 Å². The molecule has 0 radical (unpaired) electrons. The van der Waals surface area contributed by atoms with Crippen LogP contribution >= 0.6 is 0 Å². The minimum atomic E-state index is -0.861. The van der Waals surface area contributed by atoms with Gasteiger partial charge in [0, 0.05) is 19.7 Å². The molecule has 1 aliphatic heterocycles. The van der Waals surface area contributed by atoms with Gasteiger partial charge >= 0.3 is 0 Å². The fraction of sp³-hybridized carbons (Fsp3) is 0.158. The first-order chi connectivity index (χ1) is 13.3. The van der Waals surface area contributed by atoms with Crippen LogP contribution in [-0.2, 0) is 11.3 Å². The zero-order valence-corrected chi connectivity index (χ0v) is 14.8. The van der Waals surface area contributed by atoms with E-state index < -0.39 is 34.9 Å². The predicted molar refractivity (Wildman–Crippen MR) is 96.1 cm³/mol. The Hall–Kier alpha value is -4.06. The van der Waals surface area contributed by atoms with Crippen molar-refractivity contribution in [3.8, 4) is 6.07 Å². The maximum Gasteiger partial charge on any atom is 0.282 e. The molecule has 1 heterocycles. The van der Waals surface area contributed by atoms with Gasteiger partial charge in [-0.3, -0.25) is 29.4 Å². The van der Waals surface area contributed by atoms with Gasteiger partial charge in [-0.2, -0.15) is 5.26 Å². The smallest absolute Gasteiger partial charge is 0.282 e. The maximum atomic E-state index is 12.5. The summed E-state index contributed by atoms with van der Waals surface area (Å²) in [5, 5.41) is 20.1. The van der Waals surface area contributed by atoms with Gasteiger partial charge in [-0.1, -0.05) is 18.2 Å². The predicted octanol–water partition coefficient (Wildman–Crippen LogP) is 1.72. The summed E-state index contributed by atoms with van der Waals surface area (Å²) in [5.74, 6) is -2.11. The van der Waals surface area contributed by atoms with Crippen LogP contribution in [0.15, 0.2) is 42.5 Å². The summed E-state index contributed by atoms with van der Waals surface area (Å²) in [6, 6.07) is 12.5. The van der Waals surface area contributed by atoms with Crippen molar-refractivity contribution >= 4 is 23.4 Å². The second kappa shape index (κ2) is 7.28. The van der Waals surface area contributed by atoms with Gasteiger partial charge in [-0.25, -0.2) is 0 Å². The van der Waals surface area contributed by atoms with Crippen molar-refractivity contribution in [3.05, 3.63) is 74.8 Å². The summed E-state index contributed by atoms with van der Waals surface area (Å²) in [4.78, 5) is 49.9. The molecule has 0 spiro atoms. The summed E-state index contributed by atoms with van der Waals surface area (Å²) in [6.45, 7) is -0.352. The normalized spacial score (nSPS) is 12.5. The molecule has 2 aromatic rings. The number of nitrogens with zero attached hydrogens (tertiary/aromatic N) is 4. The molecule has 9 heteroatoms. The Morgan fingerprint density at radius 3 is 2.61 bits per heavy atom. The maximum absolute atomic E-state index is 12.5. The second-order valence-electron chi connectivity index (χ2n) is 6.22. The van der Waals surface area contributed by atoms with E-state index in [-0.39, 0.29) is 17.7 Å². The number of nitro groups is 1. The molecule has 0 bridgehead atoms. The van der Waals surface area contributed by atoms with Gasteiger partial charge in [-0.15, -0.1) is 0 Å². The Morgan fingerprint density at radius 2 is 1.93 bits per heavy atom. The van der Waals surface area contributed by atoms with Crippen LogP contribution < -0.4 is 0 Å². The van der Waals surface area contributed by atoms with E-state index in [1.807, 2.05) is 6.07 Å². The van der Waals surface area contributed by atoms with Gasteiger partial charge in [0.05, 0.1) is 22.1 Å². The Kier molecular flexibility index (Phi) is 4.87. The Morgan fingerprint density at radius 1 is 1.21 bits per heavy atom. The number of rotatable bonds is 5. The molecule has 0 aromatic heterocycles. The molecule has 0 fully saturated rings. The van der Waals surface area contributed by atoms with E-state index in [4.69, 9.17) is 5.26 Å². The Labute approximate surface area is 159 Å². The van der Waals surface area contributed by atoms with Crippen molar-refractivity contribution in [2.24, 2.45) is 0 Å². The molecule has 140 valence electrons. The molecule has 3 amide bonds. The van der Waals surface area contributed by atoms with Gasteiger partial charge < -0.3 is 4.90 Å². The minimum Gasteiger partial charge on any atom is -0.340 e. The highest BCUT2D eigenvalue weighted by Gasteiger charge is 2.41. The molecule has 0 unspecified atom stereocenters. The molecule has 3 rings (SSSR count). The van der Waals surface area contributed by atoms with Crippen molar-refractivity contribution in [1.29, 1.82) is 5.26 Å². The molecule has 0 saturated carbocycles. The lowest BCUT2D eigenvalue weighted by Gasteiger charge is -2.20. The Balaban J connectivity index is 1.76. The van der Waals surface area contributed by atoms with Gasteiger partial charge in [0.25, 0.3) is 17.5 Å².